The summed E-state index contributed by atoms with van der Waals surface area (Å²) in [6.45, 7) is 0. The fraction of sp³-hybridized carbons (Fsp3) is 0.667. The Bertz CT molecular complexity index is 866. The highest BCUT2D eigenvalue weighted by atomic mass is 28.4. The van der Waals surface area contributed by atoms with Crippen molar-refractivity contribution < 1.29 is 0 Å². The summed E-state index contributed by atoms with van der Waals surface area (Å²) in [5.74, 6) is 0. The Kier molecular flexibility index (Phi) is 9.48. The lowest BCUT2D eigenvalue weighted by Gasteiger charge is -2.58. The van der Waals surface area contributed by atoms with Gasteiger partial charge in [-0.25, -0.2) is 0 Å². The molecule has 2 aromatic rings. The van der Waals surface area contributed by atoms with Crippen molar-refractivity contribution in [3.8, 4) is 0 Å². The summed E-state index contributed by atoms with van der Waals surface area (Å²) in [5.41, 5.74) is 3.66. The zero-order valence-electron chi connectivity index (χ0n) is 24.7. The van der Waals surface area contributed by atoms with Crippen molar-refractivity contribution >= 4 is 26.8 Å². The van der Waals surface area contributed by atoms with Crippen molar-refractivity contribution in [2.45, 2.75) is 151 Å². The summed E-state index contributed by atoms with van der Waals surface area (Å²) in [7, 11) is -4.09. The number of hydrogen-bond acceptors (Lipinski definition) is 1. The average Bonchev–Trinajstić information content (AvgIpc) is 3.04. The molecule has 0 bridgehead atoms. The van der Waals surface area contributed by atoms with E-state index in [-0.39, 0.29) is 0 Å². The molecule has 212 valence electrons. The molecule has 0 atom stereocenters. The van der Waals surface area contributed by atoms with Crippen LogP contribution in [0.3, 0.4) is 0 Å². The highest BCUT2D eigenvalue weighted by Crippen LogP contribution is 2.52. The van der Waals surface area contributed by atoms with Crippen molar-refractivity contribution in [3.05, 3.63) is 60.7 Å². The SMILES string of the molecule is c1ccc([Si](N[Si](c2ccccc2)(C2CCCCC2)C2CCCCC2)(C2CCCCC2)C2CCCCC2)cc1. The molecule has 4 saturated carbocycles. The van der Waals surface area contributed by atoms with Gasteiger partial charge in [0.2, 0.25) is 0 Å². The molecule has 39 heavy (non-hydrogen) atoms. The lowest BCUT2D eigenvalue weighted by molar-refractivity contribution is 0.439. The highest BCUT2D eigenvalue weighted by molar-refractivity contribution is 7.06. The Morgan fingerprint density at radius 3 is 0.872 bits per heavy atom. The maximum Gasteiger partial charge on any atom is 0.157 e. The molecule has 6 rings (SSSR count). The van der Waals surface area contributed by atoms with Crippen molar-refractivity contribution in [2.24, 2.45) is 0 Å². The molecule has 0 saturated heterocycles. The van der Waals surface area contributed by atoms with E-state index in [0.717, 1.165) is 22.2 Å². The van der Waals surface area contributed by atoms with Gasteiger partial charge in [0.15, 0.2) is 16.5 Å². The first kappa shape index (κ1) is 28.0. The topological polar surface area (TPSA) is 12.0 Å². The summed E-state index contributed by atoms with van der Waals surface area (Å²) in [5, 5.41) is 3.59. The number of hydrogen-bond donors (Lipinski definition) is 1. The van der Waals surface area contributed by atoms with E-state index in [4.69, 9.17) is 4.65 Å². The Labute approximate surface area is 242 Å². The van der Waals surface area contributed by atoms with Crippen LogP contribution in [0.4, 0.5) is 0 Å². The van der Waals surface area contributed by atoms with E-state index in [1.165, 1.54) is 128 Å². The zero-order valence-corrected chi connectivity index (χ0v) is 26.7. The summed E-state index contributed by atoms with van der Waals surface area (Å²) in [6.07, 6.45) is 29.5. The van der Waals surface area contributed by atoms with Crippen molar-refractivity contribution in [2.75, 3.05) is 0 Å². The molecule has 1 N–H and O–H groups in total. The van der Waals surface area contributed by atoms with Crippen LogP contribution in [-0.2, 0) is 0 Å². The lowest BCUT2D eigenvalue weighted by atomic mass is 9.99. The highest BCUT2D eigenvalue weighted by Gasteiger charge is 2.58. The van der Waals surface area contributed by atoms with Crippen LogP contribution in [0.5, 0.6) is 0 Å². The smallest absolute Gasteiger partial charge is 0.157 e. The van der Waals surface area contributed by atoms with Crippen LogP contribution in [0.15, 0.2) is 60.7 Å². The Hall–Kier alpha value is -1.17. The molecule has 0 amide bonds. The van der Waals surface area contributed by atoms with Gasteiger partial charge in [-0.2, -0.15) is 0 Å². The Morgan fingerprint density at radius 2 is 0.615 bits per heavy atom. The van der Waals surface area contributed by atoms with Crippen molar-refractivity contribution in [1.82, 2.24) is 4.65 Å². The monoisotopic (exact) mass is 557 g/mol. The third-order valence-corrected chi connectivity index (χ3v) is 25.3. The summed E-state index contributed by atoms with van der Waals surface area (Å²) in [4.78, 5) is 0. The predicted molar refractivity (Wildman–Crippen MR) is 174 cm³/mol. The molecule has 4 aliphatic rings. The van der Waals surface area contributed by atoms with Gasteiger partial charge >= 0.3 is 0 Å². The molecule has 3 heteroatoms. The second-order valence-corrected chi connectivity index (χ2v) is 22.8. The molecule has 4 fully saturated rings. The first-order valence-electron chi connectivity index (χ1n) is 17.2. The van der Waals surface area contributed by atoms with Crippen molar-refractivity contribution in [1.29, 1.82) is 0 Å². The molecular formula is C36H55NSi2. The molecule has 0 radical (unpaired) electrons. The van der Waals surface area contributed by atoms with Gasteiger partial charge in [-0.3, -0.25) is 0 Å². The largest absolute Gasteiger partial charge is 0.351 e. The van der Waals surface area contributed by atoms with Gasteiger partial charge < -0.3 is 4.65 Å². The van der Waals surface area contributed by atoms with Gasteiger partial charge in [-0.1, -0.05) is 189 Å². The van der Waals surface area contributed by atoms with Gasteiger partial charge in [0, 0.05) is 0 Å². The molecular weight excluding hydrogens is 503 g/mol. The number of rotatable bonds is 8. The van der Waals surface area contributed by atoms with Crippen LogP contribution >= 0.6 is 0 Å². The molecule has 0 heterocycles. The molecule has 0 aromatic heterocycles. The molecule has 0 unspecified atom stereocenters. The van der Waals surface area contributed by atoms with Gasteiger partial charge in [0.25, 0.3) is 0 Å². The van der Waals surface area contributed by atoms with Crippen LogP contribution in [0, 0.1) is 0 Å². The number of nitrogens with one attached hydrogen (secondary N) is 1. The molecule has 2 aromatic carbocycles. The van der Waals surface area contributed by atoms with Crippen LogP contribution in [0.2, 0.25) is 22.2 Å². The maximum absolute atomic E-state index is 5.27. The molecule has 4 aliphatic carbocycles. The van der Waals surface area contributed by atoms with Gasteiger partial charge in [0.1, 0.15) is 0 Å². The van der Waals surface area contributed by atoms with E-state index in [9.17, 15) is 0 Å². The van der Waals surface area contributed by atoms with Crippen LogP contribution in [-0.4, -0.2) is 16.5 Å². The predicted octanol–water partition coefficient (Wildman–Crippen LogP) is 9.62. The minimum absolute atomic E-state index is 0.916. The second kappa shape index (κ2) is 13.2. The number of benzene rings is 2. The van der Waals surface area contributed by atoms with E-state index in [1.807, 2.05) is 0 Å². The normalized spacial score (nSPS) is 23.6. The third kappa shape index (κ3) is 5.66. The molecule has 1 nitrogen and oxygen atoms in total. The van der Waals surface area contributed by atoms with Crippen LogP contribution < -0.4 is 15.0 Å². The van der Waals surface area contributed by atoms with Crippen LogP contribution in [0.1, 0.15) is 128 Å². The Morgan fingerprint density at radius 1 is 0.359 bits per heavy atom. The molecule has 0 aliphatic heterocycles. The third-order valence-electron chi connectivity index (χ3n) is 11.9. The van der Waals surface area contributed by atoms with Gasteiger partial charge in [0.05, 0.1) is 0 Å². The average molecular weight is 558 g/mol. The van der Waals surface area contributed by atoms with Gasteiger partial charge in [-0.15, -0.1) is 0 Å². The zero-order chi connectivity index (χ0) is 26.4. The van der Waals surface area contributed by atoms with E-state index in [0.29, 0.717) is 0 Å². The summed E-state index contributed by atoms with van der Waals surface area (Å²) < 4.78 is 5.27. The van der Waals surface area contributed by atoms with E-state index in [1.54, 1.807) is 10.4 Å². The fourth-order valence-electron chi connectivity index (χ4n) is 10.2. The molecule has 0 spiro atoms. The van der Waals surface area contributed by atoms with Crippen molar-refractivity contribution in [3.63, 3.8) is 0 Å². The lowest BCUT2D eigenvalue weighted by Crippen LogP contribution is -2.80. The quantitative estimate of drug-likeness (QED) is 0.319. The van der Waals surface area contributed by atoms with Crippen LogP contribution in [0.25, 0.3) is 0 Å². The minimum atomic E-state index is -2.04. The first-order chi connectivity index (χ1) is 19.3. The van der Waals surface area contributed by atoms with E-state index < -0.39 is 16.5 Å². The maximum atomic E-state index is 5.27. The summed E-state index contributed by atoms with van der Waals surface area (Å²) >= 11 is 0. The fourth-order valence-corrected chi connectivity index (χ4v) is 27.3. The standard InChI is InChI=1S/C36H55NSi2/c1-7-19-31(20-8-1)38(32-21-9-2-10-22-32,33-23-11-3-12-24-33)37-39(34-25-13-4-14-26-34,35-27-15-5-16-28-35)36-29-17-6-18-30-36/h1,4,7-8,13-14,19-20,25-26,32-33,35-37H,2-3,5-6,9-12,15-18,21-24,27-30H2. The first-order valence-corrected chi connectivity index (χ1v) is 21.6. The Balaban J connectivity index is 1.57. The summed E-state index contributed by atoms with van der Waals surface area (Å²) in [6, 6.07) is 24.7. The second-order valence-electron chi connectivity index (χ2n) is 13.9. The van der Waals surface area contributed by atoms with E-state index in [2.05, 4.69) is 60.7 Å². The van der Waals surface area contributed by atoms with Gasteiger partial charge in [-0.05, 0) is 32.5 Å². The minimum Gasteiger partial charge on any atom is -0.351 e. The van der Waals surface area contributed by atoms with E-state index >= 15 is 0 Å².